The van der Waals surface area contributed by atoms with Crippen molar-refractivity contribution in [2.45, 2.75) is 39.8 Å². The highest BCUT2D eigenvalue weighted by Crippen LogP contribution is 2.16. The van der Waals surface area contributed by atoms with Crippen molar-refractivity contribution < 1.29 is 4.39 Å². The van der Waals surface area contributed by atoms with Crippen molar-refractivity contribution in [2.75, 3.05) is 7.05 Å². The maximum Gasteiger partial charge on any atom is 0.191 e. The topological polar surface area (TPSA) is 49.3 Å². The Kier molecular flexibility index (Phi) is 6.10. The average Bonchev–Trinajstić information content (AvgIpc) is 3.01. The summed E-state index contributed by atoms with van der Waals surface area (Å²) in [6, 6.07) is 5.24. The van der Waals surface area contributed by atoms with Gasteiger partial charge in [0.15, 0.2) is 5.96 Å². The Morgan fingerprint density at radius 1 is 1.43 bits per heavy atom. The molecule has 1 atom stereocenters. The van der Waals surface area contributed by atoms with Crippen molar-refractivity contribution in [2.24, 2.45) is 4.99 Å². The Hall–Kier alpha value is -1.95. The third-order valence-electron chi connectivity index (χ3n) is 3.63. The molecule has 1 unspecified atom stereocenters. The van der Waals surface area contributed by atoms with Gasteiger partial charge in [-0.2, -0.15) is 0 Å². The molecule has 0 radical (unpaired) electrons. The number of benzene rings is 1. The molecule has 0 aliphatic heterocycles. The predicted octanol–water partition coefficient (Wildman–Crippen LogP) is 3.58. The van der Waals surface area contributed by atoms with Crippen LogP contribution in [0, 0.1) is 12.7 Å². The summed E-state index contributed by atoms with van der Waals surface area (Å²) in [6.45, 7) is 6.48. The van der Waals surface area contributed by atoms with Crippen molar-refractivity contribution in [3.05, 3.63) is 51.2 Å². The molecule has 0 aliphatic rings. The first-order valence-corrected chi connectivity index (χ1v) is 8.52. The molecular formula is C17H23FN4S. The Balaban J connectivity index is 1.94. The van der Waals surface area contributed by atoms with Crippen molar-refractivity contribution >= 4 is 17.3 Å². The number of nitrogens with one attached hydrogen (secondary N) is 2. The summed E-state index contributed by atoms with van der Waals surface area (Å²) in [5.74, 6) is 0.487. The van der Waals surface area contributed by atoms with Gasteiger partial charge < -0.3 is 10.6 Å². The molecule has 0 bridgehead atoms. The number of nitrogens with zero attached hydrogens (tertiary/aromatic N) is 2. The van der Waals surface area contributed by atoms with E-state index >= 15 is 0 Å². The highest BCUT2D eigenvalue weighted by atomic mass is 32.1. The lowest BCUT2D eigenvalue weighted by Gasteiger charge is -2.18. The van der Waals surface area contributed by atoms with Gasteiger partial charge in [0.1, 0.15) is 10.8 Å². The van der Waals surface area contributed by atoms with E-state index in [9.17, 15) is 4.39 Å². The van der Waals surface area contributed by atoms with Crippen LogP contribution in [0.4, 0.5) is 4.39 Å². The number of aliphatic imine (C=N–C) groups is 1. The van der Waals surface area contributed by atoms with Crippen LogP contribution in [-0.4, -0.2) is 18.0 Å². The van der Waals surface area contributed by atoms with Gasteiger partial charge in [-0.25, -0.2) is 9.37 Å². The largest absolute Gasteiger partial charge is 0.350 e. The molecule has 0 aliphatic carbocycles. The maximum atomic E-state index is 13.7. The molecular weight excluding hydrogens is 311 g/mol. The monoisotopic (exact) mass is 334 g/mol. The first kappa shape index (κ1) is 17.4. The van der Waals surface area contributed by atoms with E-state index in [1.54, 1.807) is 37.4 Å². The fourth-order valence-corrected chi connectivity index (χ4v) is 2.92. The van der Waals surface area contributed by atoms with E-state index in [0.29, 0.717) is 18.1 Å². The highest BCUT2D eigenvalue weighted by molar-refractivity contribution is 7.11. The fourth-order valence-electron chi connectivity index (χ4n) is 2.11. The van der Waals surface area contributed by atoms with Crippen LogP contribution in [0.15, 0.2) is 29.4 Å². The number of halogens is 1. The third kappa shape index (κ3) is 4.76. The summed E-state index contributed by atoms with van der Waals surface area (Å²) in [4.78, 5) is 9.86. The van der Waals surface area contributed by atoms with Crippen LogP contribution >= 0.6 is 11.3 Å². The second-order valence-corrected chi connectivity index (χ2v) is 6.57. The summed E-state index contributed by atoms with van der Waals surface area (Å²) < 4.78 is 13.7. The number of hydrogen-bond acceptors (Lipinski definition) is 3. The van der Waals surface area contributed by atoms with Gasteiger partial charge in [0.25, 0.3) is 0 Å². The van der Waals surface area contributed by atoms with E-state index in [4.69, 9.17) is 0 Å². The normalized spacial score (nSPS) is 13.0. The van der Waals surface area contributed by atoms with Gasteiger partial charge >= 0.3 is 0 Å². The second-order valence-electron chi connectivity index (χ2n) is 5.37. The van der Waals surface area contributed by atoms with Gasteiger partial charge in [-0.3, -0.25) is 4.99 Å². The second kappa shape index (κ2) is 8.06. The summed E-state index contributed by atoms with van der Waals surface area (Å²) in [6.07, 6.45) is 2.91. The quantitative estimate of drug-likeness (QED) is 0.649. The lowest BCUT2D eigenvalue weighted by atomic mass is 10.1. The Labute approximate surface area is 140 Å². The summed E-state index contributed by atoms with van der Waals surface area (Å²) in [5, 5.41) is 7.54. The molecule has 1 aromatic carbocycles. The van der Waals surface area contributed by atoms with Crippen molar-refractivity contribution in [1.82, 2.24) is 15.6 Å². The van der Waals surface area contributed by atoms with Gasteiger partial charge in [-0.15, -0.1) is 11.3 Å². The maximum absolute atomic E-state index is 13.7. The summed E-state index contributed by atoms with van der Waals surface area (Å²) in [5.41, 5.74) is 1.54. The van der Waals surface area contributed by atoms with Crippen LogP contribution < -0.4 is 10.6 Å². The van der Waals surface area contributed by atoms with Crippen LogP contribution in [0.5, 0.6) is 0 Å². The van der Waals surface area contributed by atoms with Crippen molar-refractivity contribution in [1.29, 1.82) is 0 Å². The molecule has 6 heteroatoms. The number of aromatic nitrogens is 1. The van der Waals surface area contributed by atoms with Crippen LogP contribution in [-0.2, 0) is 13.0 Å². The van der Waals surface area contributed by atoms with E-state index in [-0.39, 0.29) is 11.9 Å². The van der Waals surface area contributed by atoms with Crippen molar-refractivity contribution in [3.63, 3.8) is 0 Å². The van der Waals surface area contributed by atoms with Gasteiger partial charge in [-0.1, -0.05) is 19.1 Å². The minimum Gasteiger partial charge on any atom is -0.350 e. The van der Waals surface area contributed by atoms with Crippen LogP contribution in [0.1, 0.15) is 40.9 Å². The number of thiazole rings is 1. The van der Waals surface area contributed by atoms with Crippen LogP contribution in [0.2, 0.25) is 0 Å². The van der Waals surface area contributed by atoms with Crippen LogP contribution in [0.25, 0.3) is 0 Å². The lowest BCUT2D eigenvalue weighted by Crippen LogP contribution is -2.38. The van der Waals surface area contributed by atoms with Gasteiger partial charge in [-0.05, 0) is 37.5 Å². The molecule has 0 saturated heterocycles. The minimum atomic E-state index is -0.186. The molecule has 0 spiro atoms. The number of rotatable bonds is 5. The Morgan fingerprint density at radius 2 is 2.22 bits per heavy atom. The third-order valence-corrected chi connectivity index (χ3v) is 4.77. The molecule has 0 saturated carbocycles. The summed E-state index contributed by atoms with van der Waals surface area (Å²) in [7, 11) is 1.72. The first-order chi connectivity index (χ1) is 11.0. The molecule has 124 valence electrons. The molecule has 2 N–H and O–H groups in total. The average molecular weight is 334 g/mol. The van der Waals surface area contributed by atoms with Gasteiger partial charge in [0, 0.05) is 18.1 Å². The number of aryl methyl sites for hydroxylation is 2. The van der Waals surface area contributed by atoms with E-state index in [1.165, 1.54) is 4.88 Å². The zero-order valence-corrected chi connectivity index (χ0v) is 14.8. The predicted molar refractivity (Wildman–Crippen MR) is 94.4 cm³/mol. The minimum absolute atomic E-state index is 0.0428. The number of hydrogen-bond donors (Lipinski definition) is 2. The van der Waals surface area contributed by atoms with E-state index in [1.807, 2.05) is 19.2 Å². The van der Waals surface area contributed by atoms with E-state index < -0.39 is 0 Å². The molecule has 4 nitrogen and oxygen atoms in total. The fraction of sp³-hybridized carbons (Fsp3) is 0.412. The van der Waals surface area contributed by atoms with E-state index in [2.05, 4.69) is 27.5 Å². The van der Waals surface area contributed by atoms with Crippen molar-refractivity contribution in [3.8, 4) is 0 Å². The zero-order valence-electron chi connectivity index (χ0n) is 14.0. The highest BCUT2D eigenvalue weighted by Gasteiger charge is 2.10. The molecule has 2 rings (SSSR count). The first-order valence-electron chi connectivity index (χ1n) is 7.70. The zero-order chi connectivity index (χ0) is 16.8. The SMILES string of the molecule is CCc1cnc(CNC(=NC)NC(C)c2ccc(C)c(F)c2)s1. The van der Waals surface area contributed by atoms with Gasteiger partial charge in [0.2, 0.25) is 0 Å². The van der Waals surface area contributed by atoms with Crippen LogP contribution in [0.3, 0.4) is 0 Å². The summed E-state index contributed by atoms with van der Waals surface area (Å²) >= 11 is 1.70. The molecule has 0 fully saturated rings. The lowest BCUT2D eigenvalue weighted by molar-refractivity contribution is 0.607. The standard InChI is InChI=1S/C17H23FN4S/c1-5-14-9-20-16(23-14)10-21-17(19-4)22-12(3)13-7-6-11(2)15(18)8-13/h6-9,12H,5,10H2,1-4H3,(H2,19,21,22). The number of guanidine groups is 1. The van der Waals surface area contributed by atoms with E-state index in [0.717, 1.165) is 17.0 Å². The smallest absolute Gasteiger partial charge is 0.191 e. The van der Waals surface area contributed by atoms with Gasteiger partial charge in [0.05, 0.1) is 12.6 Å². The Morgan fingerprint density at radius 3 is 2.83 bits per heavy atom. The molecule has 1 aromatic heterocycles. The molecule has 0 amide bonds. The molecule has 2 aromatic rings. The molecule has 1 heterocycles. The molecule has 23 heavy (non-hydrogen) atoms. The Bertz CT molecular complexity index is 681.